The van der Waals surface area contributed by atoms with Gasteiger partial charge in [-0.05, 0) is 30.5 Å². The molecule has 0 spiro atoms. The predicted octanol–water partition coefficient (Wildman–Crippen LogP) is 4.97. The summed E-state index contributed by atoms with van der Waals surface area (Å²) in [5.41, 5.74) is 1.77. The fourth-order valence-electron chi connectivity index (χ4n) is 3.44. The van der Waals surface area contributed by atoms with Crippen molar-refractivity contribution < 1.29 is 4.79 Å². The second-order valence-corrected chi connectivity index (χ2v) is 6.53. The lowest BCUT2D eigenvalue weighted by Gasteiger charge is -2.37. The molecule has 2 aromatic carbocycles. The van der Waals surface area contributed by atoms with Crippen LogP contribution in [0.3, 0.4) is 0 Å². The zero-order chi connectivity index (χ0) is 16.1. The highest BCUT2D eigenvalue weighted by Crippen LogP contribution is 2.44. The van der Waals surface area contributed by atoms with E-state index in [1.165, 1.54) is 0 Å². The predicted molar refractivity (Wildman–Crippen MR) is 94.1 cm³/mol. The summed E-state index contributed by atoms with van der Waals surface area (Å²) in [7, 11) is 0. The van der Waals surface area contributed by atoms with Crippen molar-refractivity contribution in [1.29, 1.82) is 0 Å². The zero-order valence-electron chi connectivity index (χ0n) is 13.6. The molecule has 1 nitrogen and oxygen atoms in total. The van der Waals surface area contributed by atoms with E-state index in [0.717, 1.165) is 30.4 Å². The Bertz CT molecular complexity index is 721. The molecule has 1 aliphatic carbocycles. The summed E-state index contributed by atoms with van der Waals surface area (Å²) >= 11 is 0. The number of Topliss-reactive ketones (excluding diaryl/α,β-unsaturated/α-hetero) is 1. The Balaban J connectivity index is 2.01. The van der Waals surface area contributed by atoms with Crippen molar-refractivity contribution in [2.45, 2.75) is 38.5 Å². The summed E-state index contributed by atoms with van der Waals surface area (Å²) in [6, 6.07) is 20.3. The normalized spacial score (nSPS) is 22.0. The van der Waals surface area contributed by atoms with Crippen LogP contribution in [0.2, 0.25) is 0 Å². The number of hydrogen-bond donors (Lipinski definition) is 0. The Hall–Kier alpha value is -2.33. The van der Waals surface area contributed by atoms with E-state index in [0.29, 0.717) is 12.2 Å². The van der Waals surface area contributed by atoms with E-state index in [9.17, 15) is 4.79 Å². The van der Waals surface area contributed by atoms with Gasteiger partial charge in [0.05, 0.1) is 5.92 Å². The molecule has 2 atom stereocenters. The molecule has 0 saturated heterocycles. The van der Waals surface area contributed by atoms with Gasteiger partial charge in [-0.25, -0.2) is 0 Å². The van der Waals surface area contributed by atoms with Gasteiger partial charge in [0.2, 0.25) is 0 Å². The molecule has 1 heteroatoms. The van der Waals surface area contributed by atoms with Gasteiger partial charge in [0.25, 0.3) is 0 Å². The minimum atomic E-state index is -0.374. The third-order valence-corrected chi connectivity index (χ3v) is 4.89. The van der Waals surface area contributed by atoms with E-state index in [1.54, 1.807) is 0 Å². The van der Waals surface area contributed by atoms with E-state index in [1.807, 2.05) is 48.5 Å². The van der Waals surface area contributed by atoms with Crippen molar-refractivity contribution in [3.63, 3.8) is 0 Å². The van der Waals surface area contributed by atoms with E-state index in [-0.39, 0.29) is 11.3 Å². The molecule has 1 fully saturated rings. The Kier molecular flexibility index (Phi) is 4.63. The van der Waals surface area contributed by atoms with Crippen LogP contribution in [0.1, 0.15) is 49.7 Å². The lowest BCUT2D eigenvalue weighted by molar-refractivity contribution is -0.130. The summed E-state index contributed by atoms with van der Waals surface area (Å²) < 4.78 is 0. The van der Waals surface area contributed by atoms with E-state index in [4.69, 9.17) is 0 Å². The smallest absolute Gasteiger partial charge is 0.140 e. The summed E-state index contributed by atoms with van der Waals surface area (Å²) in [5.74, 6) is 7.02. The molecule has 0 N–H and O–H groups in total. The van der Waals surface area contributed by atoms with Gasteiger partial charge >= 0.3 is 0 Å². The Labute approximate surface area is 138 Å². The monoisotopic (exact) mass is 302 g/mol. The number of carbonyl (C=O) groups is 1. The molecule has 1 unspecified atom stereocenters. The molecule has 116 valence electrons. The van der Waals surface area contributed by atoms with Crippen molar-refractivity contribution in [2.24, 2.45) is 5.41 Å². The number of rotatable bonds is 2. The Morgan fingerprint density at radius 1 is 0.957 bits per heavy atom. The molecular formula is C22H22O. The van der Waals surface area contributed by atoms with Crippen LogP contribution in [0.4, 0.5) is 0 Å². The molecule has 0 heterocycles. The van der Waals surface area contributed by atoms with E-state index < -0.39 is 0 Å². The van der Waals surface area contributed by atoms with Crippen LogP contribution in [0.25, 0.3) is 0 Å². The minimum absolute atomic E-state index is 0.0447. The quantitative estimate of drug-likeness (QED) is 0.716. The van der Waals surface area contributed by atoms with Gasteiger partial charge in [0.1, 0.15) is 5.78 Å². The molecule has 23 heavy (non-hydrogen) atoms. The maximum Gasteiger partial charge on any atom is 0.140 e. The SMILES string of the molecule is CC1([C@H](C#Cc2ccccc2)c2ccccc2)CCCCC1=O. The first-order chi connectivity index (χ1) is 11.2. The second kappa shape index (κ2) is 6.84. The summed E-state index contributed by atoms with van der Waals surface area (Å²) in [6.07, 6.45) is 3.74. The lowest BCUT2D eigenvalue weighted by Crippen LogP contribution is -2.36. The molecule has 0 bridgehead atoms. The maximum atomic E-state index is 12.7. The highest BCUT2D eigenvalue weighted by atomic mass is 16.1. The molecule has 0 amide bonds. The highest BCUT2D eigenvalue weighted by Gasteiger charge is 2.42. The number of carbonyl (C=O) groups excluding carboxylic acids is 1. The van der Waals surface area contributed by atoms with E-state index in [2.05, 4.69) is 30.9 Å². The van der Waals surface area contributed by atoms with Gasteiger partial charge in [-0.1, -0.05) is 73.7 Å². The van der Waals surface area contributed by atoms with Crippen LogP contribution in [0.15, 0.2) is 60.7 Å². The van der Waals surface area contributed by atoms with Gasteiger partial charge in [-0.15, -0.1) is 0 Å². The molecular weight excluding hydrogens is 280 g/mol. The van der Waals surface area contributed by atoms with Crippen molar-refractivity contribution in [3.05, 3.63) is 71.8 Å². The average Bonchev–Trinajstić information content (AvgIpc) is 2.60. The first-order valence-corrected chi connectivity index (χ1v) is 8.35. The highest BCUT2D eigenvalue weighted by molar-refractivity contribution is 5.86. The molecule has 1 aliphatic rings. The fraction of sp³-hybridized carbons (Fsp3) is 0.318. The van der Waals surface area contributed by atoms with Crippen LogP contribution < -0.4 is 0 Å². The van der Waals surface area contributed by atoms with E-state index >= 15 is 0 Å². The first-order valence-electron chi connectivity index (χ1n) is 8.35. The Morgan fingerprint density at radius 3 is 2.26 bits per heavy atom. The van der Waals surface area contributed by atoms with Crippen LogP contribution in [0.5, 0.6) is 0 Å². The molecule has 2 aromatic rings. The minimum Gasteiger partial charge on any atom is -0.299 e. The standard InChI is InChI=1S/C22H22O/c1-22(17-9-8-14-21(22)23)20(19-12-6-3-7-13-19)16-15-18-10-4-2-5-11-18/h2-7,10-13,20H,8-9,14,17H2,1H3/t20-,22?/m1/s1. The van der Waals surface area contributed by atoms with Crippen LogP contribution in [0, 0.1) is 17.3 Å². The second-order valence-electron chi connectivity index (χ2n) is 6.53. The van der Waals surface area contributed by atoms with Crippen molar-refractivity contribution in [2.75, 3.05) is 0 Å². The summed E-state index contributed by atoms with van der Waals surface area (Å²) in [5, 5.41) is 0. The van der Waals surface area contributed by atoms with Crippen LogP contribution in [-0.2, 0) is 4.79 Å². The van der Waals surface area contributed by atoms with Gasteiger partial charge in [0.15, 0.2) is 0 Å². The van der Waals surface area contributed by atoms with Gasteiger partial charge < -0.3 is 0 Å². The number of ketones is 1. The third-order valence-electron chi connectivity index (χ3n) is 4.89. The molecule has 3 rings (SSSR count). The van der Waals surface area contributed by atoms with Crippen molar-refractivity contribution >= 4 is 5.78 Å². The Morgan fingerprint density at radius 2 is 1.61 bits per heavy atom. The summed E-state index contributed by atoms with van der Waals surface area (Å²) in [4.78, 5) is 12.7. The van der Waals surface area contributed by atoms with Gasteiger partial charge in [0, 0.05) is 17.4 Å². The lowest BCUT2D eigenvalue weighted by atomic mass is 9.64. The van der Waals surface area contributed by atoms with Crippen molar-refractivity contribution in [3.8, 4) is 11.8 Å². The number of hydrogen-bond acceptors (Lipinski definition) is 1. The summed E-state index contributed by atoms with van der Waals surface area (Å²) in [6.45, 7) is 2.10. The van der Waals surface area contributed by atoms with Crippen LogP contribution in [-0.4, -0.2) is 5.78 Å². The van der Waals surface area contributed by atoms with Crippen LogP contribution >= 0.6 is 0 Å². The molecule has 0 aromatic heterocycles. The maximum absolute atomic E-state index is 12.7. The fourth-order valence-corrected chi connectivity index (χ4v) is 3.44. The van der Waals surface area contributed by atoms with Gasteiger partial charge in [-0.2, -0.15) is 0 Å². The largest absolute Gasteiger partial charge is 0.299 e. The molecule has 0 radical (unpaired) electrons. The van der Waals surface area contributed by atoms with Crippen molar-refractivity contribution in [1.82, 2.24) is 0 Å². The topological polar surface area (TPSA) is 17.1 Å². The third kappa shape index (κ3) is 3.37. The molecule has 1 saturated carbocycles. The number of benzene rings is 2. The average molecular weight is 302 g/mol. The zero-order valence-corrected chi connectivity index (χ0v) is 13.6. The first kappa shape index (κ1) is 15.6. The molecule has 0 aliphatic heterocycles. The van der Waals surface area contributed by atoms with Gasteiger partial charge in [-0.3, -0.25) is 4.79 Å².